The van der Waals surface area contributed by atoms with E-state index in [-0.39, 0.29) is 5.97 Å². The Bertz CT molecular complexity index is 479. The number of carbonyl (C=O) groups excluding carboxylic acids is 1. The standard InChI is InChI=1S/C13H15Cl2NO3/c1-2-16-7-8-5-9(14)6-10(15)12(8)19-11-3-4-18-13(11)17/h5-6,11,16H,2-4,7H2,1H3. The predicted octanol–water partition coefficient (Wildman–Crippen LogP) is 2.80. The van der Waals surface area contributed by atoms with Gasteiger partial charge in [-0.25, -0.2) is 4.79 Å². The van der Waals surface area contributed by atoms with Crippen LogP contribution < -0.4 is 10.1 Å². The van der Waals surface area contributed by atoms with E-state index in [1.165, 1.54) is 0 Å². The largest absolute Gasteiger partial charge is 0.477 e. The molecule has 1 atom stereocenters. The Morgan fingerprint density at radius 1 is 1.47 bits per heavy atom. The van der Waals surface area contributed by atoms with E-state index in [1.807, 2.05) is 6.92 Å². The minimum absolute atomic E-state index is 0.347. The van der Waals surface area contributed by atoms with Gasteiger partial charge in [-0.15, -0.1) is 0 Å². The minimum atomic E-state index is -0.584. The summed E-state index contributed by atoms with van der Waals surface area (Å²) in [6.07, 6.45) is -0.0441. The lowest BCUT2D eigenvalue weighted by Crippen LogP contribution is -2.23. The Kier molecular flexibility index (Phi) is 4.91. The van der Waals surface area contributed by atoms with Crippen molar-refractivity contribution in [3.05, 3.63) is 27.7 Å². The van der Waals surface area contributed by atoms with Crippen LogP contribution in [-0.4, -0.2) is 25.2 Å². The first-order valence-corrected chi connectivity index (χ1v) is 6.89. The summed E-state index contributed by atoms with van der Waals surface area (Å²) in [4.78, 5) is 11.5. The van der Waals surface area contributed by atoms with Crippen molar-refractivity contribution >= 4 is 29.2 Å². The number of esters is 1. The van der Waals surface area contributed by atoms with Gasteiger partial charge in [-0.1, -0.05) is 30.1 Å². The van der Waals surface area contributed by atoms with E-state index >= 15 is 0 Å². The van der Waals surface area contributed by atoms with Gasteiger partial charge in [0.05, 0.1) is 11.6 Å². The summed E-state index contributed by atoms with van der Waals surface area (Å²) < 4.78 is 10.6. The van der Waals surface area contributed by atoms with E-state index in [4.69, 9.17) is 32.7 Å². The van der Waals surface area contributed by atoms with Crippen LogP contribution in [0.25, 0.3) is 0 Å². The number of halogens is 2. The quantitative estimate of drug-likeness (QED) is 0.850. The van der Waals surface area contributed by atoms with E-state index in [0.717, 1.165) is 12.1 Å². The molecule has 0 bridgehead atoms. The molecule has 0 aliphatic carbocycles. The Morgan fingerprint density at radius 3 is 2.89 bits per heavy atom. The first kappa shape index (κ1) is 14.4. The van der Waals surface area contributed by atoms with E-state index in [2.05, 4.69) is 5.32 Å². The number of hydrogen-bond acceptors (Lipinski definition) is 4. The maximum absolute atomic E-state index is 11.5. The molecule has 1 aromatic carbocycles. The number of ether oxygens (including phenoxy) is 2. The SMILES string of the molecule is CCNCc1cc(Cl)cc(Cl)c1OC1CCOC1=O. The third-order valence-electron chi connectivity index (χ3n) is 2.80. The summed E-state index contributed by atoms with van der Waals surface area (Å²) in [5.74, 6) is 0.149. The molecule has 19 heavy (non-hydrogen) atoms. The van der Waals surface area contributed by atoms with Crippen molar-refractivity contribution in [2.45, 2.75) is 26.0 Å². The normalized spacial score (nSPS) is 18.5. The summed E-state index contributed by atoms with van der Waals surface area (Å²) in [6.45, 7) is 3.78. The lowest BCUT2D eigenvalue weighted by atomic mass is 10.2. The van der Waals surface area contributed by atoms with Crippen molar-refractivity contribution in [2.75, 3.05) is 13.2 Å². The summed E-state index contributed by atoms with van der Waals surface area (Å²) in [5, 5.41) is 4.13. The summed E-state index contributed by atoms with van der Waals surface area (Å²) in [5.41, 5.74) is 0.832. The van der Waals surface area contributed by atoms with Gasteiger partial charge in [0, 0.05) is 23.6 Å². The molecule has 1 aromatic rings. The maximum Gasteiger partial charge on any atom is 0.347 e. The molecular weight excluding hydrogens is 289 g/mol. The molecular formula is C13H15Cl2NO3. The molecule has 4 nitrogen and oxygen atoms in total. The fourth-order valence-electron chi connectivity index (χ4n) is 1.86. The van der Waals surface area contributed by atoms with Gasteiger partial charge in [0.2, 0.25) is 0 Å². The lowest BCUT2D eigenvalue weighted by molar-refractivity contribution is -0.143. The number of hydrogen-bond donors (Lipinski definition) is 1. The van der Waals surface area contributed by atoms with Crippen molar-refractivity contribution in [3.63, 3.8) is 0 Å². The van der Waals surface area contributed by atoms with Crippen LogP contribution in [0.3, 0.4) is 0 Å². The second-order valence-electron chi connectivity index (χ2n) is 4.22. The highest BCUT2D eigenvalue weighted by Crippen LogP contribution is 2.34. The van der Waals surface area contributed by atoms with Crippen LogP contribution in [-0.2, 0) is 16.1 Å². The Labute approximate surface area is 122 Å². The van der Waals surface area contributed by atoms with Gasteiger partial charge in [-0.3, -0.25) is 0 Å². The maximum atomic E-state index is 11.5. The van der Waals surface area contributed by atoms with Crippen molar-refractivity contribution < 1.29 is 14.3 Å². The van der Waals surface area contributed by atoms with Gasteiger partial charge in [-0.2, -0.15) is 0 Å². The smallest absolute Gasteiger partial charge is 0.347 e. The molecule has 0 saturated carbocycles. The van der Waals surface area contributed by atoms with Crippen LogP contribution in [0.15, 0.2) is 12.1 Å². The zero-order chi connectivity index (χ0) is 13.8. The molecule has 1 aliphatic heterocycles. The van der Waals surface area contributed by atoms with Crippen LogP contribution in [0.4, 0.5) is 0 Å². The molecule has 1 heterocycles. The Hall–Kier alpha value is -0.970. The number of carbonyl (C=O) groups is 1. The molecule has 104 valence electrons. The first-order valence-electron chi connectivity index (χ1n) is 6.13. The van der Waals surface area contributed by atoms with Crippen LogP contribution in [0.2, 0.25) is 10.0 Å². The highest BCUT2D eigenvalue weighted by atomic mass is 35.5. The van der Waals surface area contributed by atoms with E-state index < -0.39 is 6.10 Å². The number of rotatable bonds is 5. The predicted molar refractivity (Wildman–Crippen MR) is 73.8 cm³/mol. The van der Waals surface area contributed by atoms with Gasteiger partial charge in [0.25, 0.3) is 0 Å². The summed E-state index contributed by atoms with van der Waals surface area (Å²) in [7, 11) is 0. The van der Waals surface area contributed by atoms with Crippen molar-refractivity contribution in [1.29, 1.82) is 0 Å². The second-order valence-corrected chi connectivity index (χ2v) is 5.06. The van der Waals surface area contributed by atoms with Gasteiger partial charge in [0.15, 0.2) is 6.10 Å². The Morgan fingerprint density at radius 2 is 2.26 bits per heavy atom. The number of benzene rings is 1. The molecule has 2 rings (SSSR count). The third kappa shape index (κ3) is 3.53. The van der Waals surface area contributed by atoms with Crippen LogP contribution >= 0.6 is 23.2 Å². The van der Waals surface area contributed by atoms with Crippen molar-refractivity contribution in [2.24, 2.45) is 0 Å². The minimum Gasteiger partial charge on any atom is -0.477 e. The summed E-state index contributed by atoms with van der Waals surface area (Å²) >= 11 is 12.1. The molecule has 1 fully saturated rings. The van der Waals surface area contributed by atoms with E-state index in [1.54, 1.807) is 12.1 Å². The molecule has 0 radical (unpaired) electrons. The third-order valence-corrected chi connectivity index (χ3v) is 3.30. The average molecular weight is 304 g/mol. The van der Waals surface area contributed by atoms with Crippen molar-refractivity contribution in [1.82, 2.24) is 5.32 Å². The first-order chi connectivity index (χ1) is 9.11. The number of cyclic esters (lactones) is 1. The van der Waals surface area contributed by atoms with Gasteiger partial charge < -0.3 is 14.8 Å². The fourth-order valence-corrected chi connectivity index (χ4v) is 2.44. The molecule has 0 amide bonds. The molecule has 0 spiro atoms. The van der Waals surface area contributed by atoms with E-state index in [9.17, 15) is 4.79 Å². The van der Waals surface area contributed by atoms with Crippen LogP contribution in [0.5, 0.6) is 5.75 Å². The highest BCUT2D eigenvalue weighted by Gasteiger charge is 2.29. The average Bonchev–Trinajstić information content (AvgIpc) is 2.76. The zero-order valence-electron chi connectivity index (χ0n) is 10.5. The molecule has 6 heteroatoms. The monoisotopic (exact) mass is 303 g/mol. The molecule has 1 saturated heterocycles. The van der Waals surface area contributed by atoms with E-state index in [0.29, 0.717) is 35.4 Å². The van der Waals surface area contributed by atoms with Gasteiger partial charge in [-0.05, 0) is 18.7 Å². The fraction of sp³-hybridized carbons (Fsp3) is 0.462. The molecule has 1 aliphatic rings. The van der Waals surface area contributed by atoms with Gasteiger partial charge >= 0.3 is 5.97 Å². The van der Waals surface area contributed by atoms with Crippen LogP contribution in [0, 0.1) is 0 Å². The van der Waals surface area contributed by atoms with Crippen LogP contribution in [0.1, 0.15) is 18.9 Å². The molecule has 1 N–H and O–H groups in total. The number of nitrogens with one attached hydrogen (secondary N) is 1. The lowest BCUT2D eigenvalue weighted by Gasteiger charge is -2.16. The highest BCUT2D eigenvalue weighted by molar-refractivity contribution is 6.35. The van der Waals surface area contributed by atoms with Crippen molar-refractivity contribution in [3.8, 4) is 5.75 Å². The Balaban J connectivity index is 2.23. The summed E-state index contributed by atoms with van der Waals surface area (Å²) in [6, 6.07) is 3.39. The molecule has 1 unspecified atom stereocenters. The van der Waals surface area contributed by atoms with Gasteiger partial charge in [0.1, 0.15) is 5.75 Å². The zero-order valence-corrected chi connectivity index (χ0v) is 12.1. The second kappa shape index (κ2) is 6.46. The molecule has 0 aromatic heterocycles. The topological polar surface area (TPSA) is 47.6 Å².